The highest BCUT2D eigenvalue weighted by molar-refractivity contribution is 5.93. The van der Waals surface area contributed by atoms with Gasteiger partial charge in [-0.3, -0.25) is 14.5 Å². The maximum Gasteiger partial charge on any atom is 0.324 e. The number of urea groups is 1. The van der Waals surface area contributed by atoms with E-state index in [0.717, 1.165) is 56.3 Å². The second-order valence-electron chi connectivity index (χ2n) is 7.50. The molecule has 1 unspecified atom stereocenters. The first-order valence-corrected chi connectivity index (χ1v) is 9.28. The van der Waals surface area contributed by atoms with E-state index in [1.54, 1.807) is 16.0 Å². The number of likely N-dealkylation sites (tertiary alicyclic amines) is 1. The third-order valence-corrected chi connectivity index (χ3v) is 5.24. The van der Waals surface area contributed by atoms with E-state index < -0.39 is 0 Å². The van der Waals surface area contributed by atoms with Gasteiger partial charge in [0.05, 0.1) is 17.9 Å². The van der Waals surface area contributed by atoms with E-state index in [9.17, 15) is 4.79 Å². The number of hydrogen-bond donors (Lipinski definition) is 0. The monoisotopic (exact) mass is 370 g/mol. The van der Waals surface area contributed by atoms with Gasteiger partial charge in [0.1, 0.15) is 0 Å². The summed E-state index contributed by atoms with van der Waals surface area (Å²) >= 11 is 0. The largest absolute Gasteiger partial charge is 0.347 e. The lowest BCUT2D eigenvalue weighted by atomic mass is 10.3. The fourth-order valence-corrected chi connectivity index (χ4v) is 3.64. The summed E-state index contributed by atoms with van der Waals surface area (Å²) in [6.07, 6.45) is 8.65. The van der Waals surface area contributed by atoms with Crippen LogP contribution in [0.4, 0.5) is 16.4 Å². The van der Waals surface area contributed by atoms with Crippen LogP contribution >= 0.6 is 0 Å². The van der Waals surface area contributed by atoms with Gasteiger partial charge in [0, 0.05) is 78.0 Å². The first-order valence-electron chi connectivity index (χ1n) is 9.28. The Hall–Kier alpha value is -2.68. The lowest BCUT2D eigenvalue weighted by molar-refractivity contribution is 0.229. The van der Waals surface area contributed by atoms with Gasteiger partial charge in [0.2, 0.25) is 5.95 Å². The van der Waals surface area contributed by atoms with Gasteiger partial charge in [-0.05, 0) is 6.42 Å². The van der Waals surface area contributed by atoms with Gasteiger partial charge in [0.25, 0.3) is 0 Å². The SMILES string of the molecule is CN1CCN(c2cnn(C3CCN(Cc4cnc(N(C)C)nc4)C3)c2)C1=O. The third kappa shape index (κ3) is 3.59. The Labute approximate surface area is 159 Å². The normalized spacial score (nSPS) is 20.7. The Morgan fingerprint density at radius 2 is 1.93 bits per heavy atom. The zero-order chi connectivity index (χ0) is 19.0. The summed E-state index contributed by atoms with van der Waals surface area (Å²) in [5.74, 6) is 0.726. The zero-order valence-corrected chi connectivity index (χ0v) is 16.1. The number of nitrogens with zero attached hydrogens (tertiary/aromatic N) is 8. The number of anilines is 2. The van der Waals surface area contributed by atoms with E-state index >= 15 is 0 Å². The number of amides is 2. The minimum atomic E-state index is 0.0452. The number of likely N-dealkylation sites (N-methyl/N-ethyl adjacent to an activating group) is 1. The minimum Gasteiger partial charge on any atom is -0.347 e. The second kappa shape index (κ2) is 7.15. The fraction of sp³-hybridized carbons (Fsp3) is 0.556. The van der Waals surface area contributed by atoms with Gasteiger partial charge in [-0.1, -0.05) is 0 Å². The van der Waals surface area contributed by atoms with Crippen molar-refractivity contribution in [2.45, 2.75) is 19.0 Å². The lowest BCUT2D eigenvalue weighted by Crippen LogP contribution is -2.28. The highest BCUT2D eigenvalue weighted by atomic mass is 16.2. The van der Waals surface area contributed by atoms with Crippen molar-refractivity contribution in [3.63, 3.8) is 0 Å². The maximum atomic E-state index is 12.1. The van der Waals surface area contributed by atoms with Crippen LogP contribution in [0.5, 0.6) is 0 Å². The lowest BCUT2D eigenvalue weighted by Gasteiger charge is -2.17. The van der Waals surface area contributed by atoms with Gasteiger partial charge in [-0.2, -0.15) is 5.10 Å². The van der Waals surface area contributed by atoms with Crippen LogP contribution in [0, 0.1) is 0 Å². The van der Waals surface area contributed by atoms with Gasteiger partial charge in [0.15, 0.2) is 0 Å². The highest BCUT2D eigenvalue weighted by Gasteiger charge is 2.29. The molecule has 2 fully saturated rings. The molecule has 2 aliphatic rings. The molecular formula is C18H26N8O. The molecule has 2 aromatic heterocycles. The quantitative estimate of drug-likeness (QED) is 0.784. The fourth-order valence-electron chi connectivity index (χ4n) is 3.64. The second-order valence-corrected chi connectivity index (χ2v) is 7.50. The summed E-state index contributed by atoms with van der Waals surface area (Å²) < 4.78 is 2.01. The Bertz CT molecular complexity index is 802. The Kier molecular flexibility index (Phi) is 4.69. The summed E-state index contributed by atoms with van der Waals surface area (Å²) in [5, 5.41) is 4.52. The molecule has 1 atom stereocenters. The Morgan fingerprint density at radius 1 is 1.15 bits per heavy atom. The van der Waals surface area contributed by atoms with E-state index in [-0.39, 0.29) is 6.03 Å². The number of hydrogen-bond acceptors (Lipinski definition) is 6. The average Bonchev–Trinajstić information content (AvgIpc) is 3.37. The van der Waals surface area contributed by atoms with E-state index in [4.69, 9.17) is 0 Å². The standard InChI is InChI=1S/C18H26N8O/c1-22(2)17-19-8-14(9-20-17)11-24-5-4-15(12-24)26-13-16(10-21-26)25-7-6-23(3)18(25)27/h8-10,13,15H,4-7,11-12H2,1-3H3. The molecule has 9 heteroatoms. The molecule has 2 amide bonds. The van der Waals surface area contributed by atoms with E-state index in [1.807, 2.05) is 49.3 Å². The van der Waals surface area contributed by atoms with Gasteiger partial charge >= 0.3 is 6.03 Å². The summed E-state index contributed by atoms with van der Waals surface area (Å²) in [6.45, 7) is 4.27. The summed E-state index contributed by atoms with van der Waals surface area (Å²) in [7, 11) is 5.70. The van der Waals surface area contributed by atoms with Crippen molar-refractivity contribution in [3.05, 3.63) is 30.4 Å². The van der Waals surface area contributed by atoms with Gasteiger partial charge < -0.3 is 9.80 Å². The minimum absolute atomic E-state index is 0.0452. The van der Waals surface area contributed by atoms with Crippen molar-refractivity contribution < 1.29 is 4.79 Å². The maximum absolute atomic E-state index is 12.1. The van der Waals surface area contributed by atoms with Crippen molar-refractivity contribution >= 4 is 17.7 Å². The molecule has 4 rings (SSSR count). The molecule has 0 aliphatic carbocycles. The number of carbonyl (C=O) groups is 1. The molecule has 2 aliphatic heterocycles. The molecule has 144 valence electrons. The van der Waals surface area contributed by atoms with E-state index in [1.165, 1.54) is 0 Å². The average molecular weight is 370 g/mol. The van der Waals surface area contributed by atoms with Crippen LogP contribution in [0.2, 0.25) is 0 Å². The number of rotatable bonds is 5. The first-order chi connectivity index (χ1) is 13.0. The van der Waals surface area contributed by atoms with Crippen LogP contribution in [0.25, 0.3) is 0 Å². The van der Waals surface area contributed by atoms with Crippen molar-refractivity contribution in [1.29, 1.82) is 0 Å². The molecular weight excluding hydrogens is 344 g/mol. The van der Waals surface area contributed by atoms with Crippen molar-refractivity contribution in [1.82, 2.24) is 29.5 Å². The molecule has 0 bridgehead atoms. The van der Waals surface area contributed by atoms with Crippen molar-refractivity contribution in [2.24, 2.45) is 0 Å². The van der Waals surface area contributed by atoms with Crippen LogP contribution in [-0.2, 0) is 6.54 Å². The summed E-state index contributed by atoms with van der Waals surface area (Å²) in [4.78, 5) is 28.7. The van der Waals surface area contributed by atoms with Crippen LogP contribution < -0.4 is 9.80 Å². The van der Waals surface area contributed by atoms with Crippen LogP contribution in [0.1, 0.15) is 18.0 Å². The molecule has 27 heavy (non-hydrogen) atoms. The van der Waals surface area contributed by atoms with Crippen LogP contribution in [0.3, 0.4) is 0 Å². The molecule has 2 aromatic rings. The third-order valence-electron chi connectivity index (χ3n) is 5.24. The first kappa shape index (κ1) is 17.7. The van der Waals surface area contributed by atoms with Crippen molar-refractivity contribution in [2.75, 3.05) is 57.1 Å². The van der Waals surface area contributed by atoms with Gasteiger partial charge in [-0.15, -0.1) is 0 Å². The Balaban J connectivity index is 1.36. The van der Waals surface area contributed by atoms with Gasteiger partial charge in [-0.25, -0.2) is 14.8 Å². The zero-order valence-electron chi connectivity index (χ0n) is 16.1. The van der Waals surface area contributed by atoms with Crippen LogP contribution in [0.15, 0.2) is 24.8 Å². The molecule has 0 saturated carbocycles. The number of aromatic nitrogens is 4. The number of carbonyl (C=O) groups excluding carboxylic acids is 1. The molecule has 9 nitrogen and oxygen atoms in total. The molecule has 0 N–H and O–H groups in total. The molecule has 0 radical (unpaired) electrons. The predicted octanol–water partition coefficient (Wildman–Crippen LogP) is 1.06. The predicted molar refractivity (Wildman–Crippen MR) is 103 cm³/mol. The van der Waals surface area contributed by atoms with Crippen LogP contribution in [-0.4, -0.2) is 82.9 Å². The summed E-state index contributed by atoms with van der Waals surface area (Å²) in [5.41, 5.74) is 2.00. The summed E-state index contributed by atoms with van der Waals surface area (Å²) in [6, 6.07) is 0.375. The highest BCUT2D eigenvalue weighted by Crippen LogP contribution is 2.26. The molecule has 4 heterocycles. The molecule has 2 saturated heterocycles. The topological polar surface area (TPSA) is 73.6 Å². The Morgan fingerprint density at radius 3 is 2.59 bits per heavy atom. The van der Waals surface area contributed by atoms with E-state index in [2.05, 4.69) is 20.0 Å². The van der Waals surface area contributed by atoms with Crippen molar-refractivity contribution in [3.8, 4) is 0 Å². The smallest absolute Gasteiger partial charge is 0.324 e. The molecule has 0 spiro atoms. The molecule has 0 aromatic carbocycles. The van der Waals surface area contributed by atoms with E-state index in [0.29, 0.717) is 6.04 Å².